The summed E-state index contributed by atoms with van der Waals surface area (Å²) in [7, 11) is 0. The van der Waals surface area contributed by atoms with E-state index in [0.717, 1.165) is 40.4 Å². The van der Waals surface area contributed by atoms with Crippen molar-refractivity contribution in [1.29, 1.82) is 0 Å². The second-order valence-electron chi connectivity index (χ2n) is 6.94. The highest BCUT2D eigenvalue weighted by Crippen LogP contribution is 2.33. The van der Waals surface area contributed by atoms with Crippen molar-refractivity contribution in [2.45, 2.75) is 31.9 Å². The third-order valence-corrected chi connectivity index (χ3v) is 5.81. The molecule has 4 aromatic rings. The highest BCUT2D eigenvalue weighted by Gasteiger charge is 2.32. The van der Waals surface area contributed by atoms with Crippen LogP contribution in [0.4, 0.5) is 5.13 Å². The zero-order valence-electron chi connectivity index (χ0n) is 15.4. The summed E-state index contributed by atoms with van der Waals surface area (Å²) in [5.74, 6) is 0.566. The molecule has 1 aromatic carbocycles. The lowest BCUT2D eigenvalue weighted by atomic mass is 9.89. The zero-order chi connectivity index (χ0) is 18.9. The van der Waals surface area contributed by atoms with Gasteiger partial charge in [-0.3, -0.25) is 4.98 Å². The topological polar surface area (TPSA) is 72.8 Å². The Morgan fingerprint density at radius 2 is 1.89 bits per heavy atom. The average Bonchev–Trinajstić information content (AvgIpc) is 3.10. The summed E-state index contributed by atoms with van der Waals surface area (Å²) in [4.78, 5) is 17.8. The predicted octanol–water partition coefficient (Wildman–Crippen LogP) is 4.48. The maximum atomic E-state index is 6.13. The van der Waals surface area contributed by atoms with Gasteiger partial charge in [0.1, 0.15) is 11.8 Å². The van der Waals surface area contributed by atoms with Gasteiger partial charge in [-0.25, -0.2) is 15.0 Å². The van der Waals surface area contributed by atoms with E-state index in [-0.39, 0.29) is 6.10 Å². The molecule has 0 saturated heterocycles. The Labute approximate surface area is 166 Å². The van der Waals surface area contributed by atoms with E-state index in [1.165, 1.54) is 4.70 Å². The monoisotopic (exact) mass is 389 g/mol. The molecule has 0 amide bonds. The van der Waals surface area contributed by atoms with Gasteiger partial charge in [0.15, 0.2) is 5.13 Å². The van der Waals surface area contributed by atoms with Crippen molar-refractivity contribution < 1.29 is 4.74 Å². The van der Waals surface area contributed by atoms with Crippen LogP contribution >= 0.6 is 11.3 Å². The molecule has 6 nitrogen and oxygen atoms in total. The molecule has 0 bridgehead atoms. The standard InChI is InChI=1S/C21H19N5OS/c1-13-6-7-14(12-24-13)19-20(23-9-8-22-19)27-16-10-15(11-16)25-21-26-17-4-2-3-5-18(17)28-21/h2-9,12,15-16H,10-11H2,1H3,(H,25,26). The first-order valence-electron chi connectivity index (χ1n) is 9.27. The summed E-state index contributed by atoms with van der Waals surface area (Å²) in [5, 5.41) is 4.49. The third-order valence-electron chi connectivity index (χ3n) is 4.84. The van der Waals surface area contributed by atoms with Crippen molar-refractivity contribution in [3.05, 3.63) is 60.7 Å². The highest BCUT2D eigenvalue weighted by molar-refractivity contribution is 7.22. The molecule has 5 rings (SSSR count). The Hall–Kier alpha value is -3.06. The van der Waals surface area contributed by atoms with Crippen molar-refractivity contribution in [3.8, 4) is 17.1 Å². The average molecular weight is 389 g/mol. The largest absolute Gasteiger partial charge is 0.473 e. The lowest BCUT2D eigenvalue weighted by Crippen LogP contribution is -2.42. The first-order chi connectivity index (χ1) is 13.7. The number of benzene rings is 1. The first kappa shape index (κ1) is 17.1. The molecule has 0 radical (unpaired) electrons. The van der Waals surface area contributed by atoms with Gasteiger partial charge < -0.3 is 10.1 Å². The van der Waals surface area contributed by atoms with Crippen molar-refractivity contribution >= 4 is 26.7 Å². The van der Waals surface area contributed by atoms with Crippen LogP contribution in [0.1, 0.15) is 18.5 Å². The molecule has 0 spiro atoms. The van der Waals surface area contributed by atoms with Crippen LogP contribution in [-0.4, -0.2) is 32.1 Å². The Kier molecular flexibility index (Phi) is 4.37. The van der Waals surface area contributed by atoms with Crippen LogP contribution in [-0.2, 0) is 0 Å². The molecule has 0 aliphatic heterocycles. The second kappa shape index (κ2) is 7.16. The number of nitrogens with one attached hydrogen (secondary N) is 1. The molecule has 1 saturated carbocycles. The maximum absolute atomic E-state index is 6.13. The second-order valence-corrected chi connectivity index (χ2v) is 7.97. The summed E-state index contributed by atoms with van der Waals surface area (Å²) < 4.78 is 7.34. The molecule has 1 aliphatic rings. The van der Waals surface area contributed by atoms with Gasteiger partial charge in [0, 0.05) is 48.7 Å². The van der Waals surface area contributed by atoms with Gasteiger partial charge in [-0.2, -0.15) is 0 Å². The SMILES string of the molecule is Cc1ccc(-c2nccnc2OC2CC(Nc3nc4ccccc4s3)C2)cn1. The number of hydrogen-bond donors (Lipinski definition) is 1. The van der Waals surface area contributed by atoms with Crippen molar-refractivity contribution in [2.24, 2.45) is 0 Å². The molecule has 0 atom stereocenters. The highest BCUT2D eigenvalue weighted by atomic mass is 32.1. The summed E-state index contributed by atoms with van der Waals surface area (Å²) in [5.41, 5.74) is 3.66. The van der Waals surface area contributed by atoms with Crippen LogP contribution in [0, 0.1) is 6.92 Å². The molecule has 140 valence electrons. The van der Waals surface area contributed by atoms with E-state index in [9.17, 15) is 0 Å². The van der Waals surface area contributed by atoms with Gasteiger partial charge in [-0.05, 0) is 31.2 Å². The molecular formula is C21H19N5OS. The molecule has 28 heavy (non-hydrogen) atoms. The fraction of sp³-hybridized carbons (Fsp3) is 0.238. The van der Waals surface area contributed by atoms with Crippen LogP contribution in [0.5, 0.6) is 5.88 Å². The van der Waals surface area contributed by atoms with Crippen LogP contribution < -0.4 is 10.1 Å². The fourth-order valence-electron chi connectivity index (χ4n) is 3.26. The molecule has 1 fully saturated rings. The number of anilines is 1. The van der Waals surface area contributed by atoms with Gasteiger partial charge in [0.25, 0.3) is 0 Å². The molecule has 7 heteroatoms. The first-order valence-corrected chi connectivity index (χ1v) is 10.1. The summed E-state index contributed by atoms with van der Waals surface area (Å²) in [6.07, 6.45) is 7.11. The molecule has 3 aromatic heterocycles. The minimum Gasteiger partial charge on any atom is -0.473 e. The van der Waals surface area contributed by atoms with E-state index < -0.39 is 0 Å². The smallest absolute Gasteiger partial charge is 0.240 e. The fourth-order valence-corrected chi connectivity index (χ4v) is 4.21. The van der Waals surface area contributed by atoms with Gasteiger partial charge in [-0.15, -0.1) is 0 Å². The zero-order valence-corrected chi connectivity index (χ0v) is 16.2. The number of fused-ring (bicyclic) bond motifs is 1. The number of para-hydroxylation sites is 1. The van der Waals surface area contributed by atoms with Crippen LogP contribution in [0.25, 0.3) is 21.5 Å². The minimum absolute atomic E-state index is 0.126. The number of rotatable bonds is 5. The van der Waals surface area contributed by atoms with E-state index in [4.69, 9.17) is 4.74 Å². The van der Waals surface area contributed by atoms with E-state index in [2.05, 4.69) is 31.3 Å². The van der Waals surface area contributed by atoms with Crippen LogP contribution in [0.15, 0.2) is 55.0 Å². The predicted molar refractivity (Wildman–Crippen MR) is 111 cm³/mol. The number of ether oxygens (including phenoxy) is 1. The van der Waals surface area contributed by atoms with E-state index in [1.54, 1.807) is 23.7 Å². The lowest BCUT2D eigenvalue weighted by molar-refractivity contribution is 0.103. The normalized spacial score (nSPS) is 18.6. The Balaban J connectivity index is 1.23. The number of aryl methyl sites for hydroxylation is 1. The number of thiazole rings is 1. The van der Waals surface area contributed by atoms with Gasteiger partial charge in [0.05, 0.1) is 10.2 Å². The summed E-state index contributed by atoms with van der Waals surface area (Å²) in [6, 6.07) is 12.5. The number of aromatic nitrogens is 4. The van der Waals surface area contributed by atoms with Gasteiger partial charge >= 0.3 is 0 Å². The number of hydrogen-bond acceptors (Lipinski definition) is 7. The van der Waals surface area contributed by atoms with Crippen molar-refractivity contribution in [3.63, 3.8) is 0 Å². The minimum atomic E-state index is 0.126. The van der Waals surface area contributed by atoms with Crippen LogP contribution in [0.3, 0.4) is 0 Å². The molecule has 1 aliphatic carbocycles. The Bertz CT molecular complexity index is 1070. The van der Waals surface area contributed by atoms with E-state index in [0.29, 0.717) is 11.9 Å². The van der Waals surface area contributed by atoms with E-state index in [1.807, 2.05) is 43.5 Å². The van der Waals surface area contributed by atoms with Crippen molar-refractivity contribution in [2.75, 3.05) is 5.32 Å². The maximum Gasteiger partial charge on any atom is 0.240 e. The van der Waals surface area contributed by atoms with E-state index >= 15 is 0 Å². The molecular weight excluding hydrogens is 370 g/mol. The Morgan fingerprint density at radius 3 is 2.71 bits per heavy atom. The quantitative estimate of drug-likeness (QED) is 0.543. The third kappa shape index (κ3) is 3.41. The molecule has 1 N–H and O–H groups in total. The van der Waals surface area contributed by atoms with Crippen LogP contribution in [0.2, 0.25) is 0 Å². The summed E-state index contributed by atoms with van der Waals surface area (Å²) >= 11 is 1.69. The number of nitrogens with zero attached hydrogens (tertiary/aromatic N) is 4. The molecule has 3 heterocycles. The lowest BCUT2D eigenvalue weighted by Gasteiger charge is -2.35. The van der Waals surface area contributed by atoms with Crippen molar-refractivity contribution in [1.82, 2.24) is 19.9 Å². The van der Waals surface area contributed by atoms with Gasteiger partial charge in [0.2, 0.25) is 5.88 Å². The molecule has 0 unspecified atom stereocenters. The Morgan fingerprint density at radius 1 is 1.04 bits per heavy atom. The number of pyridine rings is 1. The van der Waals surface area contributed by atoms with Gasteiger partial charge in [-0.1, -0.05) is 23.5 Å². The summed E-state index contributed by atoms with van der Waals surface area (Å²) in [6.45, 7) is 1.96.